The minimum absolute atomic E-state index is 0.269. The van der Waals surface area contributed by atoms with Crippen LogP contribution in [0.25, 0.3) is 0 Å². The molecule has 22 heavy (non-hydrogen) atoms. The van der Waals surface area contributed by atoms with Gasteiger partial charge in [0.15, 0.2) is 5.79 Å². The van der Waals surface area contributed by atoms with Crippen molar-refractivity contribution in [2.24, 2.45) is 23.7 Å². The van der Waals surface area contributed by atoms with E-state index in [0.29, 0.717) is 24.9 Å². The van der Waals surface area contributed by atoms with Gasteiger partial charge in [-0.2, -0.15) is 0 Å². The average molecular weight is 308 g/mol. The molecule has 0 spiro atoms. The average Bonchev–Trinajstić information content (AvgIpc) is 2.94. The van der Waals surface area contributed by atoms with Crippen molar-refractivity contribution in [2.45, 2.75) is 77.4 Å². The summed E-state index contributed by atoms with van der Waals surface area (Å²) in [5.41, 5.74) is 0. The van der Waals surface area contributed by atoms with Crippen molar-refractivity contribution in [3.63, 3.8) is 0 Å². The standard InChI is InChI=1S/C19H32O3/c1-3-4-14-5-7-16-15(13-14)6-8-18(20)17(16)9-10-19(2)21-11-12-22-19/h14-17H,3-13H2,1-2H3. The first-order chi connectivity index (χ1) is 10.6. The molecule has 3 heteroatoms. The Bertz CT molecular complexity index is 386. The second-order valence-electron chi connectivity index (χ2n) is 7.87. The molecule has 4 atom stereocenters. The fourth-order valence-corrected chi connectivity index (χ4v) is 5.16. The first-order valence-electron chi connectivity index (χ1n) is 9.42. The van der Waals surface area contributed by atoms with Crippen LogP contribution in [0.5, 0.6) is 0 Å². The van der Waals surface area contributed by atoms with Gasteiger partial charge >= 0.3 is 0 Å². The molecule has 2 saturated carbocycles. The van der Waals surface area contributed by atoms with Crippen molar-refractivity contribution in [3.05, 3.63) is 0 Å². The number of ether oxygens (including phenoxy) is 2. The highest BCUT2D eigenvalue weighted by Gasteiger charge is 2.42. The number of carbonyl (C=O) groups is 1. The van der Waals surface area contributed by atoms with E-state index < -0.39 is 5.79 Å². The zero-order valence-electron chi connectivity index (χ0n) is 14.3. The fraction of sp³-hybridized carbons (Fsp3) is 0.947. The first kappa shape index (κ1) is 16.4. The Labute approximate surface area is 135 Å². The summed E-state index contributed by atoms with van der Waals surface area (Å²) in [4.78, 5) is 12.5. The molecule has 2 aliphatic carbocycles. The minimum Gasteiger partial charge on any atom is -0.348 e. The van der Waals surface area contributed by atoms with Crippen LogP contribution in [0.3, 0.4) is 0 Å². The number of fused-ring (bicyclic) bond motifs is 1. The normalized spacial score (nSPS) is 38.0. The molecule has 0 aromatic heterocycles. The van der Waals surface area contributed by atoms with Crippen LogP contribution in [-0.2, 0) is 14.3 Å². The molecule has 0 radical (unpaired) electrons. The molecule has 0 N–H and O–H groups in total. The monoisotopic (exact) mass is 308 g/mol. The molecule has 4 unspecified atom stereocenters. The molecule has 3 rings (SSSR count). The van der Waals surface area contributed by atoms with Crippen molar-refractivity contribution in [2.75, 3.05) is 13.2 Å². The van der Waals surface area contributed by atoms with Crippen LogP contribution in [0.15, 0.2) is 0 Å². The number of hydrogen-bond acceptors (Lipinski definition) is 3. The third-order valence-electron chi connectivity index (χ3n) is 6.35. The number of rotatable bonds is 5. The predicted molar refractivity (Wildman–Crippen MR) is 86.5 cm³/mol. The van der Waals surface area contributed by atoms with Gasteiger partial charge in [-0.15, -0.1) is 0 Å². The summed E-state index contributed by atoms with van der Waals surface area (Å²) in [5, 5.41) is 0. The molecule has 3 fully saturated rings. The van der Waals surface area contributed by atoms with Gasteiger partial charge < -0.3 is 9.47 Å². The van der Waals surface area contributed by atoms with E-state index in [1.165, 1.54) is 32.1 Å². The summed E-state index contributed by atoms with van der Waals surface area (Å²) in [5.74, 6) is 2.69. The van der Waals surface area contributed by atoms with Gasteiger partial charge in [0.25, 0.3) is 0 Å². The van der Waals surface area contributed by atoms with Gasteiger partial charge in [-0.3, -0.25) is 4.79 Å². The number of ketones is 1. The number of Topliss-reactive ketones (excluding diaryl/α,β-unsaturated/α-hetero) is 1. The van der Waals surface area contributed by atoms with Crippen LogP contribution in [-0.4, -0.2) is 24.8 Å². The van der Waals surface area contributed by atoms with Crippen molar-refractivity contribution in [1.82, 2.24) is 0 Å². The Morgan fingerprint density at radius 2 is 1.91 bits per heavy atom. The molecule has 3 nitrogen and oxygen atoms in total. The second-order valence-corrected chi connectivity index (χ2v) is 7.87. The van der Waals surface area contributed by atoms with Crippen LogP contribution < -0.4 is 0 Å². The van der Waals surface area contributed by atoms with E-state index in [1.807, 2.05) is 6.92 Å². The molecule has 0 bridgehead atoms. The highest BCUT2D eigenvalue weighted by atomic mass is 16.7. The van der Waals surface area contributed by atoms with Gasteiger partial charge in [0.2, 0.25) is 0 Å². The lowest BCUT2D eigenvalue weighted by Crippen LogP contribution is -2.40. The molecular formula is C19H32O3. The van der Waals surface area contributed by atoms with Crippen LogP contribution in [0, 0.1) is 23.7 Å². The van der Waals surface area contributed by atoms with Crippen LogP contribution in [0.1, 0.15) is 71.6 Å². The lowest BCUT2D eigenvalue weighted by molar-refractivity contribution is -0.153. The van der Waals surface area contributed by atoms with Crippen molar-refractivity contribution < 1.29 is 14.3 Å². The summed E-state index contributed by atoms with van der Waals surface area (Å²) in [6.45, 7) is 5.71. The van der Waals surface area contributed by atoms with Crippen molar-refractivity contribution >= 4 is 5.78 Å². The topological polar surface area (TPSA) is 35.5 Å². The summed E-state index contributed by atoms with van der Waals surface area (Å²) in [7, 11) is 0. The van der Waals surface area contributed by atoms with Gasteiger partial charge in [0.05, 0.1) is 13.2 Å². The Kier molecular flexibility index (Phi) is 5.24. The van der Waals surface area contributed by atoms with E-state index >= 15 is 0 Å². The van der Waals surface area contributed by atoms with Gasteiger partial charge in [0.1, 0.15) is 5.78 Å². The van der Waals surface area contributed by atoms with Gasteiger partial charge in [-0.05, 0) is 50.4 Å². The Morgan fingerprint density at radius 3 is 2.64 bits per heavy atom. The number of carbonyl (C=O) groups excluding carboxylic acids is 1. The van der Waals surface area contributed by atoms with E-state index in [-0.39, 0.29) is 5.92 Å². The molecule has 0 amide bonds. The molecular weight excluding hydrogens is 276 g/mol. The zero-order chi connectivity index (χ0) is 15.6. The van der Waals surface area contributed by atoms with E-state index in [1.54, 1.807) is 0 Å². The molecule has 1 saturated heterocycles. The Hall–Kier alpha value is -0.410. The van der Waals surface area contributed by atoms with Gasteiger partial charge in [-0.1, -0.05) is 26.2 Å². The van der Waals surface area contributed by atoms with Crippen molar-refractivity contribution in [1.29, 1.82) is 0 Å². The quantitative estimate of drug-likeness (QED) is 0.758. The minimum atomic E-state index is -0.438. The Morgan fingerprint density at radius 1 is 1.14 bits per heavy atom. The first-order valence-corrected chi connectivity index (χ1v) is 9.42. The van der Waals surface area contributed by atoms with Crippen LogP contribution in [0.2, 0.25) is 0 Å². The molecule has 3 aliphatic rings. The maximum Gasteiger partial charge on any atom is 0.165 e. The molecule has 0 aromatic carbocycles. The van der Waals surface area contributed by atoms with Gasteiger partial charge in [0, 0.05) is 18.8 Å². The largest absolute Gasteiger partial charge is 0.348 e. The van der Waals surface area contributed by atoms with Crippen LogP contribution >= 0.6 is 0 Å². The van der Waals surface area contributed by atoms with E-state index in [9.17, 15) is 4.79 Å². The summed E-state index contributed by atoms with van der Waals surface area (Å²) >= 11 is 0. The lowest BCUT2D eigenvalue weighted by atomic mass is 9.61. The van der Waals surface area contributed by atoms with E-state index in [2.05, 4.69) is 6.92 Å². The van der Waals surface area contributed by atoms with E-state index in [4.69, 9.17) is 9.47 Å². The predicted octanol–water partition coefficient (Wildman–Crippen LogP) is 4.34. The maximum atomic E-state index is 12.5. The maximum absolute atomic E-state index is 12.5. The van der Waals surface area contributed by atoms with Crippen molar-refractivity contribution in [3.8, 4) is 0 Å². The molecule has 126 valence electrons. The number of hydrogen-bond donors (Lipinski definition) is 0. The smallest absolute Gasteiger partial charge is 0.165 e. The van der Waals surface area contributed by atoms with E-state index in [0.717, 1.165) is 37.5 Å². The summed E-state index contributed by atoms with van der Waals surface area (Å²) in [6.07, 6.45) is 10.4. The summed E-state index contributed by atoms with van der Waals surface area (Å²) in [6, 6.07) is 0. The fourth-order valence-electron chi connectivity index (χ4n) is 5.16. The molecule has 1 heterocycles. The zero-order valence-corrected chi connectivity index (χ0v) is 14.3. The SMILES string of the molecule is CCCC1CCC2C(CCC(=O)C2CCC2(C)OCCO2)C1. The summed E-state index contributed by atoms with van der Waals surface area (Å²) < 4.78 is 11.4. The van der Waals surface area contributed by atoms with Gasteiger partial charge in [-0.25, -0.2) is 0 Å². The second kappa shape index (κ2) is 7.00. The highest BCUT2D eigenvalue weighted by molar-refractivity contribution is 5.82. The molecule has 1 aliphatic heterocycles. The third-order valence-corrected chi connectivity index (χ3v) is 6.35. The molecule has 0 aromatic rings. The lowest BCUT2D eigenvalue weighted by Gasteiger charge is -2.44. The Balaban J connectivity index is 1.59. The highest BCUT2D eigenvalue weighted by Crippen LogP contribution is 2.47. The van der Waals surface area contributed by atoms with Crippen LogP contribution in [0.4, 0.5) is 0 Å². The third kappa shape index (κ3) is 3.56.